The van der Waals surface area contributed by atoms with Crippen molar-refractivity contribution in [1.82, 2.24) is 4.98 Å². The van der Waals surface area contributed by atoms with Crippen LogP contribution in [0, 0.1) is 0 Å². The van der Waals surface area contributed by atoms with Crippen molar-refractivity contribution in [2.45, 2.75) is 19.4 Å². The molecule has 5 rings (SSSR count). The average molecular weight is 475 g/mol. The van der Waals surface area contributed by atoms with Gasteiger partial charge in [-0.15, -0.1) is 0 Å². The molecule has 1 aromatic heterocycles. The number of aliphatic hydroxyl groups excluding tert-OH is 1. The van der Waals surface area contributed by atoms with Crippen LogP contribution in [0.5, 0.6) is 0 Å². The molecule has 1 amide bonds. The van der Waals surface area contributed by atoms with Crippen molar-refractivity contribution >= 4 is 55.7 Å². The number of ketones is 1. The molecule has 1 aliphatic heterocycles. The molecular weight excluding hydrogens is 456 g/mol. The Morgan fingerprint density at radius 1 is 1.06 bits per heavy atom. The molecule has 4 aromatic rings. The van der Waals surface area contributed by atoms with Gasteiger partial charge in [0.1, 0.15) is 5.76 Å². The van der Waals surface area contributed by atoms with Crippen LogP contribution in [-0.4, -0.2) is 21.8 Å². The van der Waals surface area contributed by atoms with Crippen LogP contribution in [0.25, 0.3) is 16.0 Å². The van der Waals surface area contributed by atoms with Gasteiger partial charge in [-0.05, 0) is 53.9 Å². The van der Waals surface area contributed by atoms with E-state index in [1.165, 1.54) is 21.8 Å². The summed E-state index contributed by atoms with van der Waals surface area (Å²) in [6, 6.07) is 20.9. The molecule has 1 saturated heterocycles. The summed E-state index contributed by atoms with van der Waals surface area (Å²) in [5, 5.41) is 12.1. The predicted octanol–water partition coefficient (Wildman–Crippen LogP) is 6.14. The van der Waals surface area contributed by atoms with E-state index in [0.29, 0.717) is 21.3 Å². The van der Waals surface area contributed by atoms with Crippen molar-refractivity contribution in [3.05, 3.63) is 100 Å². The summed E-state index contributed by atoms with van der Waals surface area (Å²) in [5.74, 6) is -1.70. The van der Waals surface area contributed by atoms with Crippen molar-refractivity contribution in [2.75, 3.05) is 4.90 Å². The van der Waals surface area contributed by atoms with Crippen LogP contribution < -0.4 is 4.90 Å². The standard InChI is InChI=1S/C26H19ClN2O3S/c1-2-15-8-13-19-20(14-15)33-26(28-19)29-22(16-6-4-3-5-7-16)21(24(31)25(29)32)23(30)17-9-11-18(27)12-10-17/h3-14,22,30H,2H2,1H3/b23-21+/t22-/m1/s1. The lowest BCUT2D eigenvalue weighted by molar-refractivity contribution is -0.132. The number of amides is 1. The molecule has 0 aliphatic carbocycles. The van der Waals surface area contributed by atoms with Crippen LogP contribution in [0.3, 0.4) is 0 Å². The molecule has 2 heterocycles. The predicted molar refractivity (Wildman–Crippen MR) is 132 cm³/mol. The number of nitrogens with zero attached hydrogens (tertiary/aromatic N) is 2. The lowest BCUT2D eigenvalue weighted by Gasteiger charge is -2.22. The van der Waals surface area contributed by atoms with Crippen LogP contribution >= 0.6 is 22.9 Å². The van der Waals surface area contributed by atoms with Crippen LogP contribution in [-0.2, 0) is 16.0 Å². The maximum absolute atomic E-state index is 13.3. The maximum Gasteiger partial charge on any atom is 0.301 e. The summed E-state index contributed by atoms with van der Waals surface area (Å²) in [7, 11) is 0. The third-order valence-electron chi connectivity index (χ3n) is 5.73. The van der Waals surface area contributed by atoms with Gasteiger partial charge in [0.25, 0.3) is 5.78 Å². The Labute approximate surface area is 199 Å². The number of halogens is 1. The normalized spacial score (nSPS) is 17.8. The number of carbonyl (C=O) groups excluding carboxylic acids is 2. The number of rotatable bonds is 4. The quantitative estimate of drug-likeness (QED) is 0.219. The van der Waals surface area contributed by atoms with E-state index >= 15 is 0 Å². The number of aliphatic hydroxyl groups is 1. The number of hydrogen-bond acceptors (Lipinski definition) is 5. The smallest absolute Gasteiger partial charge is 0.301 e. The Morgan fingerprint density at radius 3 is 2.48 bits per heavy atom. The highest BCUT2D eigenvalue weighted by Crippen LogP contribution is 2.44. The van der Waals surface area contributed by atoms with Crippen LogP contribution in [0.2, 0.25) is 5.02 Å². The highest BCUT2D eigenvalue weighted by Gasteiger charge is 2.48. The number of hydrogen-bond donors (Lipinski definition) is 1. The molecule has 0 radical (unpaired) electrons. The minimum atomic E-state index is -0.798. The first-order valence-corrected chi connectivity index (χ1v) is 11.7. The number of fused-ring (bicyclic) bond motifs is 1. The molecule has 164 valence electrons. The Morgan fingerprint density at radius 2 is 1.79 bits per heavy atom. The van der Waals surface area contributed by atoms with Crippen molar-refractivity contribution in [3.8, 4) is 0 Å². The zero-order valence-electron chi connectivity index (χ0n) is 17.7. The van der Waals surface area contributed by atoms with Crippen molar-refractivity contribution in [3.63, 3.8) is 0 Å². The zero-order chi connectivity index (χ0) is 23.1. The van der Waals surface area contributed by atoms with E-state index in [1.807, 2.05) is 42.5 Å². The van der Waals surface area contributed by atoms with Gasteiger partial charge in [0.15, 0.2) is 5.13 Å². The Bertz CT molecular complexity index is 1410. The van der Waals surface area contributed by atoms with Crippen molar-refractivity contribution in [1.29, 1.82) is 0 Å². The molecule has 1 N–H and O–H groups in total. The fraction of sp³-hybridized carbons (Fsp3) is 0.115. The minimum absolute atomic E-state index is 0.0297. The summed E-state index contributed by atoms with van der Waals surface area (Å²) in [5.41, 5.74) is 3.08. The fourth-order valence-electron chi connectivity index (χ4n) is 4.02. The van der Waals surface area contributed by atoms with E-state index < -0.39 is 17.7 Å². The maximum atomic E-state index is 13.3. The van der Waals surface area contributed by atoms with Gasteiger partial charge in [0.2, 0.25) is 0 Å². The SMILES string of the molecule is CCc1ccc2nc(N3C(=O)C(=O)/C(=C(/O)c4ccc(Cl)cc4)[C@H]3c3ccccc3)sc2c1. The first kappa shape index (κ1) is 21.4. The van der Waals surface area contributed by atoms with Crippen molar-refractivity contribution in [2.24, 2.45) is 0 Å². The summed E-state index contributed by atoms with van der Waals surface area (Å²) in [6.45, 7) is 2.08. The van der Waals surface area contributed by atoms with Gasteiger partial charge in [-0.2, -0.15) is 0 Å². The largest absolute Gasteiger partial charge is 0.507 e. The fourth-order valence-corrected chi connectivity index (χ4v) is 5.21. The number of thiazole rings is 1. The molecule has 33 heavy (non-hydrogen) atoms. The lowest BCUT2D eigenvalue weighted by Crippen LogP contribution is -2.29. The van der Waals surface area contributed by atoms with Gasteiger partial charge in [-0.25, -0.2) is 4.98 Å². The monoisotopic (exact) mass is 474 g/mol. The minimum Gasteiger partial charge on any atom is -0.507 e. The zero-order valence-corrected chi connectivity index (χ0v) is 19.2. The second-order valence-electron chi connectivity index (χ2n) is 7.74. The van der Waals surface area contributed by atoms with E-state index in [1.54, 1.807) is 24.3 Å². The van der Waals surface area contributed by atoms with E-state index in [0.717, 1.165) is 16.6 Å². The first-order chi connectivity index (χ1) is 16.0. The van der Waals surface area contributed by atoms with Crippen LogP contribution in [0.4, 0.5) is 5.13 Å². The summed E-state index contributed by atoms with van der Waals surface area (Å²) >= 11 is 7.34. The summed E-state index contributed by atoms with van der Waals surface area (Å²) < 4.78 is 0.941. The van der Waals surface area contributed by atoms with Crippen molar-refractivity contribution < 1.29 is 14.7 Å². The van der Waals surface area contributed by atoms with Crippen LogP contribution in [0.1, 0.15) is 29.7 Å². The molecule has 1 fully saturated rings. The molecule has 0 spiro atoms. The van der Waals surface area contributed by atoms with E-state index in [9.17, 15) is 14.7 Å². The first-order valence-electron chi connectivity index (χ1n) is 10.5. The number of aryl methyl sites for hydroxylation is 1. The van der Waals surface area contributed by atoms with E-state index in [2.05, 4.69) is 18.0 Å². The molecule has 0 bridgehead atoms. The molecule has 0 saturated carbocycles. The van der Waals surface area contributed by atoms with Gasteiger partial charge in [0.05, 0.1) is 21.8 Å². The number of benzene rings is 3. The Kier molecular flexibility index (Phi) is 5.48. The van der Waals surface area contributed by atoms with Gasteiger partial charge in [-0.1, -0.05) is 66.3 Å². The van der Waals surface area contributed by atoms with Gasteiger partial charge < -0.3 is 5.11 Å². The molecule has 1 atom stereocenters. The second-order valence-corrected chi connectivity index (χ2v) is 9.18. The number of aromatic nitrogens is 1. The summed E-state index contributed by atoms with van der Waals surface area (Å²) in [4.78, 5) is 32.5. The molecular formula is C26H19ClN2O3S. The molecule has 5 nitrogen and oxygen atoms in total. The molecule has 1 aliphatic rings. The second kappa shape index (κ2) is 8.46. The van der Waals surface area contributed by atoms with Gasteiger partial charge in [-0.3, -0.25) is 14.5 Å². The molecule has 3 aromatic carbocycles. The number of Topliss-reactive ketones (excluding diaryl/α,β-unsaturated/α-hetero) is 1. The third-order valence-corrected chi connectivity index (χ3v) is 7.00. The van der Waals surface area contributed by atoms with Gasteiger partial charge in [0, 0.05) is 10.6 Å². The highest BCUT2D eigenvalue weighted by atomic mass is 35.5. The number of carbonyl (C=O) groups is 2. The van der Waals surface area contributed by atoms with Gasteiger partial charge >= 0.3 is 5.91 Å². The topological polar surface area (TPSA) is 70.5 Å². The third kappa shape index (κ3) is 3.71. The Hall–Kier alpha value is -3.48. The summed E-state index contributed by atoms with van der Waals surface area (Å²) in [6.07, 6.45) is 0.888. The average Bonchev–Trinajstić information content (AvgIpc) is 3.37. The lowest BCUT2D eigenvalue weighted by atomic mass is 9.95. The highest BCUT2D eigenvalue weighted by molar-refractivity contribution is 7.22. The van der Waals surface area contributed by atoms with E-state index in [-0.39, 0.29) is 11.3 Å². The number of anilines is 1. The van der Waals surface area contributed by atoms with Crippen LogP contribution in [0.15, 0.2) is 78.4 Å². The van der Waals surface area contributed by atoms with E-state index in [4.69, 9.17) is 11.6 Å². The Balaban J connectivity index is 1.71. The molecule has 0 unspecified atom stereocenters. The molecule has 7 heteroatoms.